The number of anilines is 2. The second kappa shape index (κ2) is 5.55. The van der Waals surface area contributed by atoms with Crippen molar-refractivity contribution in [2.75, 3.05) is 12.4 Å². The van der Waals surface area contributed by atoms with Crippen molar-refractivity contribution in [3.63, 3.8) is 0 Å². The first-order valence-electron chi connectivity index (χ1n) is 6.36. The number of nitrogens with one attached hydrogen (secondary N) is 2. The molecule has 8 heteroatoms. The summed E-state index contributed by atoms with van der Waals surface area (Å²) in [5.74, 6) is 0.484. The lowest BCUT2D eigenvalue weighted by molar-refractivity contribution is 0.417. The SMILES string of the molecule is COc1c(Cl)cccc1Nc1cc(Cl)nc2[nH]n(C)c(=O)c12. The van der Waals surface area contributed by atoms with Gasteiger partial charge in [-0.1, -0.05) is 29.3 Å². The van der Waals surface area contributed by atoms with E-state index in [1.165, 1.54) is 11.8 Å². The highest BCUT2D eigenvalue weighted by molar-refractivity contribution is 6.32. The molecule has 0 saturated heterocycles. The number of hydrogen-bond acceptors (Lipinski definition) is 4. The fourth-order valence-corrected chi connectivity index (χ4v) is 2.69. The fourth-order valence-electron chi connectivity index (χ4n) is 2.25. The lowest BCUT2D eigenvalue weighted by atomic mass is 10.2. The number of aryl methyl sites for hydroxylation is 1. The number of fused-ring (bicyclic) bond motifs is 1. The molecule has 0 bridgehead atoms. The molecule has 0 amide bonds. The first-order valence-corrected chi connectivity index (χ1v) is 7.11. The predicted molar refractivity (Wildman–Crippen MR) is 87.6 cm³/mol. The molecule has 1 aromatic carbocycles. The second-order valence-electron chi connectivity index (χ2n) is 4.64. The number of aromatic amines is 1. The Balaban J connectivity index is 2.20. The van der Waals surface area contributed by atoms with E-state index in [9.17, 15) is 4.79 Å². The molecule has 0 unspecified atom stereocenters. The van der Waals surface area contributed by atoms with Crippen molar-refractivity contribution in [2.45, 2.75) is 0 Å². The number of benzene rings is 1. The van der Waals surface area contributed by atoms with Gasteiger partial charge in [0.1, 0.15) is 10.5 Å². The Morgan fingerprint density at radius 1 is 1.32 bits per heavy atom. The lowest BCUT2D eigenvalue weighted by Gasteiger charge is -2.12. The van der Waals surface area contributed by atoms with Crippen LogP contribution in [0.3, 0.4) is 0 Å². The van der Waals surface area contributed by atoms with Crippen LogP contribution in [0.2, 0.25) is 10.2 Å². The number of para-hydroxylation sites is 1. The molecule has 0 atom stereocenters. The lowest BCUT2D eigenvalue weighted by Crippen LogP contribution is -2.12. The van der Waals surface area contributed by atoms with Gasteiger partial charge >= 0.3 is 0 Å². The summed E-state index contributed by atoms with van der Waals surface area (Å²) >= 11 is 12.1. The van der Waals surface area contributed by atoms with E-state index in [0.717, 1.165) is 0 Å². The smallest absolute Gasteiger partial charge is 0.277 e. The first kappa shape index (κ1) is 14.7. The number of hydrogen-bond donors (Lipinski definition) is 2. The van der Waals surface area contributed by atoms with Crippen LogP contribution in [0.1, 0.15) is 0 Å². The number of H-pyrrole nitrogens is 1. The third-order valence-electron chi connectivity index (χ3n) is 3.22. The maximum atomic E-state index is 12.2. The third-order valence-corrected chi connectivity index (χ3v) is 3.71. The van der Waals surface area contributed by atoms with Crippen LogP contribution in [0, 0.1) is 0 Å². The molecule has 0 fully saturated rings. The van der Waals surface area contributed by atoms with E-state index in [-0.39, 0.29) is 10.7 Å². The molecular formula is C14H12Cl2N4O2. The molecule has 0 spiro atoms. The van der Waals surface area contributed by atoms with E-state index < -0.39 is 0 Å². The Labute approximate surface area is 135 Å². The van der Waals surface area contributed by atoms with E-state index in [4.69, 9.17) is 27.9 Å². The maximum Gasteiger partial charge on any atom is 0.277 e. The van der Waals surface area contributed by atoms with Gasteiger partial charge in [-0.15, -0.1) is 0 Å². The number of rotatable bonds is 3. The Bertz CT molecular complexity index is 917. The van der Waals surface area contributed by atoms with Crippen molar-refractivity contribution in [2.24, 2.45) is 7.05 Å². The Hall–Kier alpha value is -2.18. The molecule has 6 nitrogen and oxygen atoms in total. The maximum absolute atomic E-state index is 12.2. The van der Waals surface area contributed by atoms with Crippen LogP contribution in [-0.4, -0.2) is 21.9 Å². The molecule has 2 N–H and O–H groups in total. The van der Waals surface area contributed by atoms with Crippen LogP contribution >= 0.6 is 23.2 Å². The number of methoxy groups -OCH3 is 1. The number of ether oxygens (including phenoxy) is 1. The standard InChI is InChI=1S/C14H12Cl2N4O2/c1-20-14(21)11-9(6-10(16)18-13(11)19-20)17-8-5-3-4-7(15)12(8)22-2/h3-6H,1-2H3,(H2,17,18,19). The van der Waals surface area contributed by atoms with E-state index >= 15 is 0 Å². The molecule has 3 rings (SSSR count). The molecule has 22 heavy (non-hydrogen) atoms. The van der Waals surface area contributed by atoms with Crippen molar-refractivity contribution in [3.05, 3.63) is 44.8 Å². The quantitative estimate of drug-likeness (QED) is 0.718. The van der Waals surface area contributed by atoms with Gasteiger partial charge in [0.15, 0.2) is 11.4 Å². The highest BCUT2D eigenvalue weighted by atomic mass is 35.5. The summed E-state index contributed by atoms with van der Waals surface area (Å²) in [6, 6.07) is 6.87. The highest BCUT2D eigenvalue weighted by Crippen LogP contribution is 2.35. The van der Waals surface area contributed by atoms with E-state index in [2.05, 4.69) is 15.4 Å². The number of pyridine rings is 1. The summed E-state index contributed by atoms with van der Waals surface area (Å²) in [4.78, 5) is 16.3. The minimum atomic E-state index is -0.206. The molecule has 0 saturated carbocycles. The first-order chi connectivity index (χ1) is 10.5. The fraction of sp³-hybridized carbons (Fsp3) is 0.143. The predicted octanol–water partition coefficient (Wildman–Crippen LogP) is 3.32. The molecule has 3 aromatic rings. The van der Waals surface area contributed by atoms with Crippen molar-refractivity contribution in [3.8, 4) is 5.75 Å². The zero-order valence-corrected chi connectivity index (χ0v) is 13.3. The highest BCUT2D eigenvalue weighted by Gasteiger charge is 2.15. The van der Waals surface area contributed by atoms with Crippen molar-refractivity contribution < 1.29 is 4.74 Å². The minimum Gasteiger partial charge on any atom is -0.493 e. The van der Waals surface area contributed by atoms with Crippen molar-refractivity contribution in [1.82, 2.24) is 14.8 Å². The minimum absolute atomic E-state index is 0.206. The zero-order chi connectivity index (χ0) is 15.9. The van der Waals surface area contributed by atoms with Gasteiger partial charge < -0.3 is 10.1 Å². The van der Waals surface area contributed by atoms with Crippen LogP contribution < -0.4 is 15.6 Å². The van der Waals surface area contributed by atoms with Crippen LogP contribution in [0.5, 0.6) is 5.75 Å². The molecule has 0 radical (unpaired) electrons. The second-order valence-corrected chi connectivity index (χ2v) is 5.43. The summed E-state index contributed by atoms with van der Waals surface area (Å²) in [6.45, 7) is 0. The Morgan fingerprint density at radius 2 is 2.09 bits per heavy atom. The van der Waals surface area contributed by atoms with Crippen LogP contribution in [0.4, 0.5) is 11.4 Å². The monoisotopic (exact) mass is 338 g/mol. The number of aromatic nitrogens is 3. The van der Waals surface area contributed by atoms with E-state index in [1.54, 1.807) is 31.3 Å². The van der Waals surface area contributed by atoms with Gasteiger partial charge in [-0.25, -0.2) is 4.98 Å². The van der Waals surface area contributed by atoms with Gasteiger partial charge in [0.2, 0.25) is 0 Å². The molecule has 0 aliphatic carbocycles. The topological polar surface area (TPSA) is 71.9 Å². The van der Waals surface area contributed by atoms with Gasteiger partial charge in [0, 0.05) is 7.05 Å². The van der Waals surface area contributed by atoms with Crippen LogP contribution in [0.15, 0.2) is 29.1 Å². The molecule has 2 heterocycles. The summed E-state index contributed by atoms with van der Waals surface area (Å²) in [5.41, 5.74) is 1.35. The van der Waals surface area contributed by atoms with Gasteiger partial charge in [-0.2, -0.15) is 0 Å². The van der Waals surface area contributed by atoms with Gasteiger partial charge in [-0.3, -0.25) is 14.6 Å². The Kier molecular flexibility index (Phi) is 3.72. The average Bonchev–Trinajstić information content (AvgIpc) is 2.74. The largest absolute Gasteiger partial charge is 0.493 e. The molecule has 2 aromatic heterocycles. The normalized spacial score (nSPS) is 10.9. The molecule has 0 aliphatic rings. The molecular weight excluding hydrogens is 327 g/mol. The van der Waals surface area contributed by atoms with Crippen molar-refractivity contribution in [1.29, 1.82) is 0 Å². The van der Waals surface area contributed by atoms with Gasteiger partial charge in [0.05, 0.1) is 23.5 Å². The number of nitrogens with zero attached hydrogens (tertiary/aromatic N) is 2. The van der Waals surface area contributed by atoms with Gasteiger partial charge in [-0.05, 0) is 18.2 Å². The summed E-state index contributed by atoms with van der Waals surface area (Å²) in [5, 5.41) is 7.12. The van der Waals surface area contributed by atoms with Gasteiger partial charge in [0.25, 0.3) is 5.56 Å². The average molecular weight is 339 g/mol. The zero-order valence-electron chi connectivity index (χ0n) is 11.8. The Morgan fingerprint density at radius 3 is 2.82 bits per heavy atom. The van der Waals surface area contributed by atoms with Crippen LogP contribution in [-0.2, 0) is 7.05 Å². The summed E-state index contributed by atoms with van der Waals surface area (Å²) < 4.78 is 6.63. The van der Waals surface area contributed by atoms with E-state index in [0.29, 0.717) is 33.2 Å². The third kappa shape index (κ3) is 2.40. The molecule has 114 valence electrons. The van der Waals surface area contributed by atoms with Crippen LogP contribution in [0.25, 0.3) is 11.0 Å². The molecule has 0 aliphatic heterocycles. The van der Waals surface area contributed by atoms with Crippen molar-refractivity contribution >= 4 is 45.6 Å². The van der Waals surface area contributed by atoms with E-state index in [1.807, 2.05) is 0 Å². The summed E-state index contributed by atoms with van der Waals surface area (Å²) in [6.07, 6.45) is 0. The summed E-state index contributed by atoms with van der Waals surface area (Å²) in [7, 11) is 3.14. The number of halogens is 2.